The number of fused-ring (bicyclic) bond motifs is 1. The Balaban J connectivity index is 2.03. The molecule has 0 spiro atoms. The third-order valence-corrected chi connectivity index (χ3v) is 5.42. The van der Waals surface area contributed by atoms with Crippen molar-refractivity contribution in [2.75, 3.05) is 7.05 Å². The van der Waals surface area contributed by atoms with E-state index < -0.39 is 11.2 Å². The van der Waals surface area contributed by atoms with Gasteiger partial charge >= 0.3 is 5.69 Å². The lowest BCUT2D eigenvalue weighted by atomic mass is 9.85. The summed E-state index contributed by atoms with van der Waals surface area (Å²) in [6, 6.07) is 1.76. The van der Waals surface area contributed by atoms with Crippen LogP contribution in [0.25, 0.3) is 11.0 Å². The molecule has 1 fully saturated rings. The van der Waals surface area contributed by atoms with Gasteiger partial charge in [0.2, 0.25) is 0 Å². The van der Waals surface area contributed by atoms with E-state index in [0.717, 1.165) is 23.8 Å². The summed E-state index contributed by atoms with van der Waals surface area (Å²) in [7, 11) is 4.81. The SMILES string of the molecule is C[C@H]1CCCC[C@@H]1N(C)C(=O)c1cnc2c(c1)c(=O)n(C)c(=O)n2C. The predicted octanol–water partition coefficient (Wildman–Crippen LogP) is 1.28. The zero-order chi connectivity index (χ0) is 18.3. The average Bonchev–Trinajstić information content (AvgIpc) is 2.63. The number of carbonyl (C=O) groups is 1. The Morgan fingerprint density at radius 3 is 2.56 bits per heavy atom. The minimum absolute atomic E-state index is 0.135. The molecular formula is C18H24N4O3. The van der Waals surface area contributed by atoms with Gasteiger partial charge < -0.3 is 4.90 Å². The minimum Gasteiger partial charge on any atom is -0.338 e. The van der Waals surface area contributed by atoms with Crippen molar-refractivity contribution in [1.29, 1.82) is 0 Å². The first-order valence-electron chi connectivity index (χ1n) is 8.66. The van der Waals surface area contributed by atoms with Gasteiger partial charge in [-0.05, 0) is 24.8 Å². The summed E-state index contributed by atoms with van der Waals surface area (Å²) < 4.78 is 2.35. The molecule has 0 radical (unpaired) electrons. The minimum atomic E-state index is -0.436. The highest BCUT2D eigenvalue weighted by molar-refractivity contribution is 5.96. The van der Waals surface area contributed by atoms with Gasteiger partial charge in [-0.3, -0.25) is 18.7 Å². The number of nitrogens with zero attached hydrogens (tertiary/aromatic N) is 4. The van der Waals surface area contributed by atoms with Crippen molar-refractivity contribution < 1.29 is 4.79 Å². The fourth-order valence-electron chi connectivity index (χ4n) is 3.81. The monoisotopic (exact) mass is 344 g/mol. The molecule has 0 unspecified atom stereocenters. The number of pyridine rings is 1. The number of aryl methyl sites for hydroxylation is 1. The first-order valence-corrected chi connectivity index (χ1v) is 8.66. The van der Waals surface area contributed by atoms with Gasteiger partial charge in [-0.15, -0.1) is 0 Å². The Kier molecular flexibility index (Phi) is 4.49. The largest absolute Gasteiger partial charge is 0.338 e. The average molecular weight is 344 g/mol. The van der Waals surface area contributed by atoms with Gasteiger partial charge in [-0.1, -0.05) is 19.8 Å². The molecule has 0 aliphatic heterocycles. The van der Waals surface area contributed by atoms with Gasteiger partial charge in [0.05, 0.1) is 10.9 Å². The van der Waals surface area contributed by atoms with Crippen LogP contribution < -0.4 is 11.2 Å². The molecule has 1 aliphatic rings. The first kappa shape index (κ1) is 17.4. The number of rotatable bonds is 2. The third kappa shape index (κ3) is 2.88. The van der Waals surface area contributed by atoms with Crippen molar-refractivity contribution in [1.82, 2.24) is 19.0 Å². The predicted molar refractivity (Wildman–Crippen MR) is 95.7 cm³/mol. The smallest absolute Gasteiger partial charge is 0.332 e. The first-order chi connectivity index (χ1) is 11.8. The van der Waals surface area contributed by atoms with E-state index in [-0.39, 0.29) is 17.3 Å². The molecule has 0 bridgehead atoms. The summed E-state index contributed by atoms with van der Waals surface area (Å²) in [5.41, 5.74) is -0.201. The molecule has 1 saturated carbocycles. The molecule has 2 atom stereocenters. The quantitative estimate of drug-likeness (QED) is 0.822. The summed E-state index contributed by atoms with van der Waals surface area (Å²) in [6.45, 7) is 2.18. The lowest BCUT2D eigenvalue weighted by molar-refractivity contribution is 0.0628. The van der Waals surface area contributed by atoms with Gasteiger partial charge in [-0.2, -0.15) is 0 Å². The summed E-state index contributed by atoms with van der Waals surface area (Å²) in [4.78, 5) is 43.2. The Labute approximate surface area is 145 Å². The van der Waals surface area contributed by atoms with Crippen molar-refractivity contribution in [3.8, 4) is 0 Å². The van der Waals surface area contributed by atoms with Crippen LogP contribution in [-0.2, 0) is 14.1 Å². The molecule has 3 rings (SSSR count). The highest BCUT2D eigenvalue weighted by Gasteiger charge is 2.28. The molecule has 1 amide bonds. The molecule has 2 aromatic rings. The second kappa shape index (κ2) is 6.46. The lowest BCUT2D eigenvalue weighted by Gasteiger charge is -2.36. The highest BCUT2D eigenvalue weighted by atomic mass is 16.2. The van der Waals surface area contributed by atoms with Crippen LogP contribution in [0, 0.1) is 5.92 Å². The molecule has 7 nitrogen and oxygen atoms in total. The zero-order valence-corrected chi connectivity index (χ0v) is 15.2. The molecule has 0 aromatic carbocycles. The number of aromatic nitrogens is 3. The van der Waals surface area contributed by atoms with Gasteiger partial charge in [-0.25, -0.2) is 9.78 Å². The van der Waals surface area contributed by atoms with Crippen LogP contribution in [0.5, 0.6) is 0 Å². The van der Waals surface area contributed by atoms with Crippen LogP contribution in [-0.4, -0.2) is 38.0 Å². The van der Waals surface area contributed by atoms with E-state index in [1.165, 1.54) is 24.2 Å². The topological polar surface area (TPSA) is 77.2 Å². The number of hydrogen-bond acceptors (Lipinski definition) is 4. The van der Waals surface area contributed by atoms with Gasteiger partial charge in [0, 0.05) is 33.4 Å². The number of hydrogen-bond donors (Lipinski definition) is 0. The van der Waals surface area contributed by atoms with E-state index in [9.17, 15) is 14.4 Å². The molecular weight excluding hydrogens is 320 g/mol. The second-order valence-electron chi connectivity index (χ2n) is 7.05. The Hall–Kier alpha value is -2.44. The normalized spacial score (nSPS) is 20.6. The van der Waals surface area contributed by atoms with E-state index in [1.807, 2.05) is 7.05 Å². The molecule has 0 N–H and O–H groups in total. The van der Waals surface area contributed by atoms with E-state index in [2.05, 4.69) is 11.9 Å². The van der Waals surface area contributed by atoms with Crippen LogP contribution in [0.3, 0.4) is 0 Å². The second-order valence-corrected chi connectivity index (χ2v) is 7.05. The van der Waals surface area contributed by atoms with Crippen LogP contribution >= 0.6 is 0 Å². The van der Waals surface area contributed by atoms with Crippen molar-refractivity contribution >= 4 is 16.9 Å². The van der Waals surface area contributed by atoms with Gasteiger partial charge in [0.25, 0.3) is 11.5 Å². The van der Waals surface area contributed by atoms with E-state index in [1.54, 1.807) is 18.0 Å². The maximum Gasteiger partial charge on any atom is 0.332 e. The van der Waals surface area contributed by atoms with E-state index in [4.69, 9.17) is 0 Å². The standard InChI is InChI=1S/C18H24N4O3/c1-11-7-5-6-8-14(11)20(2)16(23)12-9-13-15(19-10-12)21(3)18(25)22(4)17(13)24/h9-11,14H,5-8H2,1-4H3/t11-,14-/m0/s1. The summed E-state index contributed by atoms with van der Waals surface area (Å²) in [5.74, 6) is 0.328. The van der Waals surface area contributed by atoms with Gasteiger partial charge in [0.1, 0.15) is 5.65 Å². The Morgan fingerprint density at radius 2 is 1.88 bits per heavy atom. The van der Waals surface area contributed by atoms with Crippen molar-refractivity contribution in [3.63, 3.8) is 0 Å². The molecule has 134 valence electrons. The van der Waals surface area contributed by atoms with E-state index in [0.29, 0.717) is 17.1 Å². The third-order valence-electron chi connectivity index (χ3n) is 5.42. The van der Waals surface area contributed by atoms with Crippen LogP contribution in [0.15, 0.2) is 21.9 Å². The summed E-state index contributed by atoms with van der Waals surface area (Å²) in [6.07, 6.45) is 5.92. The van der Waals surface area contributed by atoms with Crippen molar-refractivity contribution in [2.24, 2.45) is 20.0 Å². The molecule has 2 heterocycles. The zero-order valence-electron chi connectivity index (χ0n) is 15.2. The summed E-state index contributed by atoms with van der Waals surface area (Å²) >= 11 is 0. The number of amides is 1. The lowest BCUT2D eigenvalue weighted by Crippen LogP contribution is -2.43. The Bertz CT molecular complexity index is 944. The molecule has 7 heteroatoms. The van der Waals surface area contributed by atoms with E-state index >= 15 is 0 Å². The van der Waals surface area contributed by atoms with Crippen molar-refractivity contribution in [3.05, 3.63) is 38.7 Å². The highest BCUT2D eigenvalue weighted by Crippen LogP contribution is 2.28. The van der Waals surface area contributed by atoms with Gasteiger partial charge in [0.15, 0.2) is 0 Å². The maximum atomic E-state index is 12.9. The molecule has 1 aliphatic carbocycles. The maximum absolute atomic E-state index is 12.9. The van der Waals surface area contributed by atoms with Crippen LogP contribution in [0.4, 0.5) is 0 Å². The number of carbonyl (C=O) groups excluding carboxylic acids is 1. The Morgan fingerprint density at radius 1 is 1.20 bits per heavy atom. The van der Waals surface area contributed by atoms with Crippen molar-refractivity contribution in [2.45, 2.75) is 38.6 Å². The van der Waals surface area contributed by atoms with Crippen LogP contribution in [0.1, 0.15) is 43.0 Å². The molecule has 0 saturated heterocycles. The molecule has 25 heavy (non-hydrogen) atoms. The summed E-state index contributed by atoms with van der Waals surface area (Å²) in [5, 5.41) is 0.278. The fraction of sp³-hybridized carbons (Fsp3) is 0.556. The fourth-order valence-corrected chi connectivity index (χ4v) is 3.81. The van der Waals surface area contributed by atoms with Crippen LogP contribution in [0.2, 0.25) is 0 Å². The molecule has 2 aromatic heterocycles.